The van der Waals surface area contributed by atoms with Gasteiger partial charge in [-0.15, -0.1) is 10.2 Å². The summed E-state index contributed by atoms with van der Waals surface area (Å²) in [6.07, 6.45) is 1.50. The third-order valence-electron chi connectivity index (χ3n) is 3.06. The molecule has 3 aromatic rings. The van der Waals surface area contributed by atoms with E-state index in [2.05, 4.69) is 20.0 Å². The molecule has 10 heteroatoms. The zero-order valence-electron chi connectivity index (χ0n) is 13.0. The van der Waals surface area contributed by atoms with Gasteiger partial charge in [0.25, 0.3) is 10.0 Å². The van der Waals surface area contributed by atoms with E-state index in [1.54, 1.807) is 11.6 Å². The smallest absolute Gasteiger partial charge is 0.253 e. The molecule has 126 valence electrons. The molecule has 0 radical (unpaired) electrons. The lowest BCUT2D eigenvalue weighted by atomic mass is 10.3. The van der Waals surface area contributed by atoms with E-state index in [0.29, 0.717) is 5.69 Å². The van der Waals surface area contributed by atoms with Crippen molar-refractivity contribution >= 4 is 38.3 Å². The van der Waals surface area contributed by atoms with Crippen LogP contribution in [0.15, 0.2) is 45.8 Å². The van der Waals surface area contributed by atoms with E-state index in [1.807, 2.05) is 37.3 Å². The van der Waals surface area contributed by atoms with Gasteiger partial charge in [0.2, 0.25) is 5.13 Å². The molecule has 0 spiro atoms. The molecular formula is C14H15N5O2S3. The minimum Gasteiger partial charge on any atom is -0.253 e. The highest BCUT2D eigenvalue weighted by atomic mass is 32.2. The highest BCUT2D eigenvalue weighted by Crippen LogP contribution is 2.27. The van der Waals surface area contributed by atoms with Crippen LogP contribution in [0.4, 0.5) is 5.13 Å². The third kappa shape index (κ3) is 3.60. The van der Waals surface area contributed by atoms with E-state index >= 15 is 0 Å². The third-order valence-corrected chi connectivity index (χ3v) is 6.49. The average Bonchev–Trinajstić information content (AvgIpc) is 3.15. The maximum atomic E-state index is 12.6. The van der Waals surface area contributed by atoms with Crippen LogP contribution in [0.5, 0.6) is 0 Å². The molecule has 2 heterocycles. The summed E-state index contributed by atoms with van der Waals surface area (Å²) in [7, 11) is -3.77. The fourth-order valence-corrected chi connectivity index (χ4v) is 5.07. The maximum Gasteiger partial charge on any atom is 0.267 e. The topological polar surface area (TPSA) is 89.8 Å². The summed E-state index contributed by atoms with van der Waals surface area (Å²) in [6.45, 7) is 3.66. The van der Waals surface area contributed by atoms with Crippen molar-refractivity contribution in [3.63, 3.8) is 0 Å². The first kappa shape index (κ1) is 16.9. The number of hydrogen-bond donors (Lipinski definition) is 1. The lowest BCUT2D eigenvalue weighted by Gasteiger charge is -2.02. The van der Waals surface area contributed by atoms with Gasteiger partial charge in [0, 0.05) is 0 Å². The van der Waals surface area contributed by atoms with Crippen LogP contribution < -0.4 is 4.72 Å². The Kier molecular flexibility index (Phi) is 4.88. The molecule has 0 aliphatic rings. The number of sulfonamides is 1. The number of aromatic nitrogens is 4. The van der Waals surface area contributed by atoms with Crippen molar-refractivity contribution in [1.29, 1.82) is 0 Å². The van der Waals surface area contributed by atoms with Gasteiger partial charge in [-0.3, -0.25) is 4.72 Å². The average molecular weight is 382 g/mol. The van der Waals surface area contributed by atoms with Crippen molar-refractivity contribution in [3.05, 3.63) is 42.2 Å². The number of rotatable bonds is 6. The van der Waals surface area contributed by atoms with Crippen molar-refractivity contribution in [2.24, 2.45) is 0 Å². The minimum atomic E-state index is -3.77. The fourth-order valence-electron chi connectivity index (χ4n) is 2.02. The van der Waals surface area contributed by atoms with Gasteiger partial charge < -0.3 is 0 Å². The summed E-state index contributed by atoms with van der Waals surface area (Å²) in [4.78, 5) is 0.117. The fraction of sp³-hybridized carbons (Fsp3) is 0.214. The molecular weight excluding hydrogens is 366 g/mol. The molecule has 1 N–H and O–H groups in total. The van der Waals surface area contributed by atoms with E-state index in [-0.39, 0.29) is 10.0 Å². The Labute approximate surface area is 148 Å². The number of nitrogens with one attached hydrogen (secondary N) is 1. The quantitative estimate of drug-likeness (QED) is 0.660. The van der Waals surface area contributed by atoms with Gasteiger partial charge in [-0.1, -0.05) is 48.2 Å². The predicted octanol–water partition coefficient (Wildman–Crippen LogP) is 2.95. The standard InChI is InChI=1S/C14H15N5O2S3/c1-3-22-14-16-15-13(23-14)18-24(20,21)12-9-19(17-10(12)2)11-7-5-4-6-8-11/h4-9H,3H2,1-2H3,(H,15,18). The molecule has 1 aromatic carbocycles. The number of nitrogens with zero attached hydrogens (tertiary/aromatic N) is 4. The van der Waals surface area contributed by atoms with E-state index in [1.165, 1.54) is 29.3 Å². The maximum absolute atomic E-state index is 12.6. The molecule has 0 aliphatic heterocycles. The molecule has 0 unspecified atom stereocenters. The second-order valence-electron chi connectivity index (χ2n) is 4.77. The second kappa shape index (κ2) is 6.91. The van der Waals surface area contributed by atoms with Gasteiger partial charge in [0.15, 0.2) is 4.34 Å². The zero-order valence-corrected chi connectivity index (χ0v) is 15.5. The Morgan fingerprint density at radius 1 is 1.25 bits per heavy atom. The molecule has 0 saturated heterocycles. The Hall–Kier alpha value is -1.91. The van der Waals surface area contributed by atoms with Gasteiger partial charge in [-0.2, -0.15) is 5.10 Å². The van der Waals surface area contributed by atoms with Crippen LogP contribution in [0.1, 0.15) is 12.6 Å². The van der Waals surface area contributed by atoms with Crippen molar-refractivity contribution in [2.45, 2.75) is 23.1 Å². The number of para-hydroxylation sites is 1. The van der Waals surface area contributed by atoms with Gasteiger partial charge in [-0.05, 0) is 24.8 Å². The van der Waals surface area contributed by atoms with Gasteiger partial charge in [-0.25, -0.2) is 13.1 Å². The van der Waals surface area contributed by atoms with Crippen molar-refractivity contribution in [2.75, 3.05) is 10.5 Å². The second-order valence-corrected chi connectivity index (χ2v) is 8.91. The van der Waals surface area contributed by atoms with Crippen LogP contribution in [0, 0.1) is 6.92 Å². The molecule has 7 nitrogen and oxygen atoms in total. The number of thioether (sulfide) groups is 1. The lowest BCUT2D eigenvalue weighted by Crippen LogP contribution is -2.13. The van der Waals surface area contributed by atoms with Crippen molar-refractivity contribution in [3.8, 4) is 5.69 Å². The van der Waals surface area contributed by atoms with Crippen LogP contribution in [-0.2, 0) is 10.0 Å². The normalized spacial score (nSPS) is 11.6. The number of benzene rings is 1. The van der Waals surface area contributed by atoms with Crippen LogP contribution >= 0.6 is 23.1 Å². The Balaban J connectivity index is 1.88. The SMILES string of the molecule is CCSc1nnc(NS(=O)(=O)c2cn(-c3ccccc3)nc2C)s1. The molecule has 0 atom stereocenters. The first-order chi connectivity index (χ1) is 11.5. The van der Waals surface area contributed by atoms with E-state index < -0.39 is 10.0 Å². The van der Waals surface area contributed by atoms with Crippen molar-refractivity contribution < 1.29 is 8.42 Å². The highest BCUT2D eigenvalue weighted by molar-refractivity contribution is 8.01. The summed E-state index contributed by atoms with van der Waals surface area (Å²) in [5, 5.41) is 12.3. The lowest BCUT2D eigenvalue weighted by molar-refractivity contribution is 0.600. The van der Waals surface area contributed by atoms with Crippen LogP contribution in [0.25, 0.3) is 5.69 Å². The summed E-state index contributed by atoms with van der Waals surface area (Å²) in [5.41, 5.74) is 1.21. The number of anilines is 1. The van der Waals surface area contributed by atoms with Crippen LogP contribution in [0.3, 0.4) is 0 Å². The molecule has 3 rings (SSSR count). The molecule has 0 bridgehead atoms. The highest BCUT2D eigenvalue weighted by Gasteiger charge is 2.22. The monoisotopic (exact) mass is 381 g/mol. The molecule has 0 fully saturated rings. The van der Waals surface area contributed by atoms with Gasteiger partial charge in [0.1, 0.15) is 4.90 Å². The Bertz CT molecular complexity index is 934. The van der Waals surface area contributed by atoms with Gasteiger partial charge >= 0.3 is 0 Å². The van der Waals surface area contributed by atoms with Crippen LogP contribution in [0.2, 0.25) is 0 Å². The Morgan fingerprint density at radius 2 is 2.00 bits per heavy atom. The van der Waals surface area contributed by atoms with Crippen LogP contribution in [-0.4, -0.2) is 34.1 Å². The first-order valence-corrected chi connectivity index (χ1v) is 10.4. The number of aryl methyl sites for hydroxylation is 1. The first-order valence-electron chi connectivity index (χ1n) is 7.10. The summed E-state index contributed by atoms with van der Waals surface area (Å²) in [5.74, 6) is 0.852. The largest absolute Gasteiger partial charge is 0.267 e. The molecule has 24 heavy (non-hydrogen) atoms. The van der Waals surface area contributed by atoms with E-state index in [0.717, 1.165) is 15.8 Å². The number of hydrogen-bond acceptors (Lipinski definition) is 7. The molecule has 2 aromatic heterocycles. The zero-order chi connectivity index (χ0) is 17.2. The molecule has 0 saturated carbocycles. The van der Waals surface area contributed by atoms with Gasteiger partial charge in [0.05, 0.1) is 17.6 Å². The summed E-state index contributed by atoms with van der Waals surface area (Å²) in [6, 6.07) is 9.34. The predicted molar refractivity (Wildman–Crippen MR) is 95.4 cm³/mol. The Morgan fingerprint density at radius 3 is 2.71 bits per heavy atom. The molecule has 0 amide bonds. The molecule has 0 aliphatic carbocycles. The summed E-state index contributed by atoms with van der Waals surface area (Å²) < 4.78 is 29.9. The van der Waals surface area contributed by atoms with Crippen molar-refractivity contribution in [1.82, 2.24) is 20.0 Å². The minimum absolute atomic E-state index is 0.117. The van der Waals surface area contributed by atoms with E-state index in [9.17, 15) is 8.42 Å². The summed E-state index contributed by atoms with van der Waals surface area (Å²) >= 11 is 2.73. The van der Waals surface area contributed by atoms with E-state index in [4.69, 9.17) is 0 Å².